The number of hydrogen-bond acceptors (Lipinski definition) is 3. The highest BCUT2D eigenvalue weighted by Crippen LogP contribution is 2.51. The van der Waals surface area contributed by atoms with Crippen LogP contribution in [0.2, 0.25) is 0 Å². The second-order valence-electron chi connectivity index (χ2n) is 4.66. The van der Waals surface area contributed by atoms with Crippen molar-refractivity contribution in [1.82, 2.24) is 5.06 Å². The molecule has 2 atom stereocenters. The Morgan fingerprint density at radius 2 is 2.08 bits per heavy atom. The highest BCUT2D eigenvalue weighted by molar-refractivity contribution is 4.96. The SMILES string of the molecule is CCCCCC12OCC(C)(C)N1O2. The van der Waals surface area contributed by atoms with Gasteiger partial charge in [-0.1, -0.05) is 19.8 Å². The van der Waals surface area contributed by atoms with E-state index in [1.165, 1.54) is 19.3 Å². The van der Waals surface area contributed by atoms with Crippen molar-refractivity contribution >= 4 is 0 Å². The third kappa shape index (κ3) is 1.49. The Morgan fingerprint density at radius 3 is 2.54 bits per heavy atom. The van der Waals surface area contributed by atoms with E-state index in [0.29, 0.717) is 0 Å². The Bertz CT molecular complexity index is 205. The average molecular weight is 185 g/mol. The van der Waals surface area contributed by atoms with Crippen LogP contribution >= 0.6 is 0 Å². The van der Waals surface area contributed by atoms with Gasteiger partial charge in [-0.25, -0.2) is 4.84 Å². The van der Waals surface area contributed by atoms with Crippen molar-refractivity contribution in [3.8, 4) is 0 Å². The minimum Gasteiger partial charge on any atom is -0.333 e. The average Bonchev–Trinajstić information content (AvgIpc) is 2.73. The summed E-state index contributed by atoms with van der Waals surface area (Å²) in [6.07, 6.45) is 4.73. The summed E-state index contributed by atoms with van der Waals surface area (Å²) in [5.74, 6) is -0.321. The second kappa shape index (κ2) is 2.94. The van der Waals surface area contributed by atoms with E-state index in [1.54, 1.807) is 0 Å². The topological polar surface area (TPSA) is 24.8 Å². The molecule has 0 aromatic carbocycles. The van der Waals surface area contributed by atoms with Crippen molar-refractivity contribution in [2.45, 2.75) is 57.9 Å². The molecule has 13 heavy (non-hydrogen) atoms. The molecule has 76 valence electrons. The molecule has 0 spiro atoms. The largest absolute Gasteiger partial charge is 0.333 e. The van der Waals surface area contributed by atoms with E-state index in [2.05, 4.69) is 20.8 Å². The van der Waals surface area contributed by atoms with Crippen LogP contribution in [0.3, 0.4) is 0 Å². The predicted octanol–water partition coefficient (Wildman–Crippen LogP) is 2.28. The highest BCUT2D eigenvalue weighted by atomic mass is 17.0. The molecule has 2 aliphatic rings. The van der Waals surface area contributed by atoms with E-state index in [9.17, 15) is 0 Å². The van der Waals surface area contributed by atoms with Crippen molar-refractivity contribution in [3.05, 3.63) is 0 Å². The van der Waals surface area contributed by atoms with Crippen LogP contribution in [0.4, 0.5) is 0 Å². The molecular formula is C10H19NO2. The number of rotatable bonds is 4. The Balaban J connectivity index is 1.83. The molecule has 0 aliphatic carbocycles. The standard InChI is InChI=1S/C10H19NO2/c1-4-5-6-7-10-11(13-10)9(2,3)8-12-10/h4-8H2,1-3H3. The Morgan fingerprint density at radius 1 is 1.31 bits per heavy atom. The normalized spacial score (nSPS) is 40.4. The fourth-order valence-corrected chi connectivity index (χ4v) is 1.96. The van der Waals surface area contributed by atoms with Gasteiger partial charge in [0.2, 0.25) is 0 Å². The maximum atomic E-state index is 5.68. The van der Waals surface area contributed by atoms with Gasteiger partial charge in [-0.2, -0.15) is 0 Å². The summed E-state index contributed by atoms with van der Waals surface area (Å²) in [5, 5.41) is 2.01. The maximum absolute atomic E-state index is 5.68. The van der Waals surface area contributed by atoms with Gasteiger partial charge in [0.05, 0.1) is 12.1 Å². The molecule has 0 aromatic heterocycles. The van der Waals surface area contributed by atoms with Crippen LogP contribution in [0, 0.1) is 0 Å². The molecule has 2 fully saturated rings. The van der Waals surface area contributed by atoms with Crippen molar-refractivity contribution in [2.75, 3.05) is 6.61 Å². The first-order valence-electron chi connectivity index (χ1n) is 5.24. The smallest absolute Gasteiger partial charge is 0.270 e. The van der Waals surface area contributed by atoms with Crippen molar-refractivity contribution < 1.29 is 9.57 Å². The van der Waals surface area contributed by atoms with Crippen LogP contribution in [0.25, 0.3) is 0 Å². The lowest BCUT2D eigenvalue weighted by Crippen LogP contribution is -2.30. The number of nitrogens with zero attached hydrogens (tertiary/aromatic N) is 1. The third-order valence-corrected chi connectivity index (χ3v) is 2.81. The molecule has 3 heteroatoms. The summed E-state index contributed by atoms with van der Waals surface area (Å²) < 4.78 is 5.68. The molecule has 2 heterocycles. The van der Waals surface area contributed by atoms with E-state index >= 15 is 0 Å². The number of unbranched alkanes of at least 4 members (excludes halogenated alkanes) is 2. The highest BCUT2D eigenvalue weighted by Gasteiger charge is 2.67. The summed E-state index contributed by atoms with van der Waals surface area (Å²) in [4.78, 5) is 5.51. The first kappa shape index (κ1) is 9.44. The van der Waals surface area contributed by atoms with E-state index in [0.717, 1.165) is 13.0 Å². The monoisotopic (exact) mass is 185 g/mol. The fourth-order valence-electron chi connectivity index (χ4n) is 1.96. The van der Waals surface area contributed by atoms with Crippen LogP contribution < -0.4 is 0 Å². The zero-order chi connectivity index (χ0) is 9.53. The zero-order valence-electron chi connectivity index (χ0n) is 8.80. The van der Waals surface area contributed by atoms with Crippen LogP contribution in [0.5, 0.6) is 0 Å². The first-order chi connectivity index (χ1) is 6.11. The predicted molar refractivity (Wildman–Crippen MR) is 49.8 cm³/mol. The van der Waals surface area contributed by atoms with Gasteiger partial charge >= 0.3 is 0 Å². The molecule has 2 aliphatic heterocycles. The van der Waals surface area contributed by atoms with E-state index in [1.807, 2.05) is 5.06 Å². The molecule has 0 N–H and O–H groups in total. The minimum absolute atomic E-state index is 0.0756. The van der Waals surface area contributed by atoms with Crippen molar-refractivity contribution in [3.63, 3.8) is 0 Å². The van der Waals surface area contributed by atoms with Crippen molar-refractivity contribution in [2.24, 2.45) is 0 Å². The Kier molecular flexibility index (Phi) is 2.13. The summed E-state index contributed by atoms with van der Waals surface area (Å²) in [6.45, 7) is 7.31. The molecule has 2 unspecified atom stereocenters. The zero-order valence-corrected chi connectivity index (χ0v) is 8.80. The van der Waals surface area contributed by atoms with Gasteiger partial charge in [-0.05, 0) is 20.3 Å². The second-order valence-corrected chi connectivity index (χ2v) is 4.66. The molecule has 0 amide bonds. The van der Waals surface area contributed by atoms with Gasteiger partial charge in [0.15, 0.2) is 0 Å². The molecule has 0 bridgehead atoms. The molecule has 0 aromatic rings. The quantitative estimate of drug-likeness (QED) is 0.496. The number of ether oxygens (including phenoxy) is 1. The lowest BCUT2D eigenvalue weighted by atomic mass is 10.1. The van der Waals surface area contributed by atoms with Gasteiger partial charge in [0.1, 0.15) is 0 Å². The molecule has 0 radical (unpaired) electrons. The summed E-state index contributed by atoms with van der Waals surface area (Å²) >= 11 is 0. The molecule has 2 saturated heterocycles. The number of fused-ring (bicyclic) bond motifs is 1. The van der Waals surface area contributed by atoms with E-state index in [4.69, 9.17) is 9.57 Å². The number of hydrogen-bond donors (Lipinski definition) is 0. The van der Waals surface area contributed by atoms with Gasteiger partial charge in [0.25, 0.3) is 5.91 Å². The molecule has 3 nitrogen and oxygen atoms in total. The summed E-state index contributed by atoms with van der Waals surface area (Å²) in [7, 11) is 0. The fraction of sp³-hybridized carbons (Fsp3) is 1.00. The Hall–Kier alpha value is -0.120. The van der Waals surface area contributed by atoms with Gasteiger partial charge in [0, 0.05) is 6.42 Å². The minimum atomic E-state index is -0.321. The summed E-state index contributed by atoms with van der Waals surface area (Å²) in [6, 6.07) is 0. The lowest BCUT2D eigenvalue weighted by molar-refractivity contribution is -0.0667. The first-order valence-corrected chi connectivity index (χ1v) is 5.24. The van der Waals surface area contributed by atoms with Crippen LogP contribution in [0.1, 0.15) is 46.5 Å². The molecule has 2 rings (SSSR count). The van der Waals surface area contributed by atoms with Gasteiger partial charge < -0.3 is 4.74 Å². The van der Waals surface area contributed by atoms with Crippen LogP contribution in [0.15, 0.2) is 0 Å². The molecule has 0 saturated carbocycles. The molecular weight excluding hydrogens is 166 g/mol. The van der Waals surface area contributed by atoms with Crippen LogP contribution in [-0.2, 0) is 9.57 Å². The van der Waals surface area contributed by atoms with Crippen LogP contribution in [-0.4, -0.2) is 23.1 Å². The third-order valence-electron chi connectivity index (χ3n) is 2.81. The van der Waals surface area contributed by atoms with Crippen molar-refractivity contribution in [1.29, 1.82) is 0 Å². The Labute approximate surface area is 80.0 Å². The lowest BCUT2D eigenvalue weighted by Gasteiger charge is -2.15. The van der Waals surface area contributed by atoms with Gasteiger partial charge in [-0.15, -0.1) is 5.06 Å². The maximum Gasteiger partial charge on any atom is 0.270 e. The number of hydroxylamine groups is 2. The van der Waals surface area contributed by atoms with Gasteiger partial charge in [-0.3, -0.25) is 0 Å². The van der Waals surface area contributed by atoms with E-state index < -0.39 is 0 Å². The summed E-state index contributed by atoms with van der Waals surface area (Å²) in [5.41, 5.74) is 0.0756. The van der Waals surface area contributed by atoms with E-state index in [-0.39, 0.29) is 11.4 Å².